The van der Waals surface area contributed by atoms with Gasteiger partial charge in [0, 0.05) is 30.6 Å². The number of rotatable bonds is 5. The molecule has 0 saturated carbocycles. The topological polar surface area (TPSA) is 20.3 Å². The molecular weight excluding hydrogens is 262 g/mol. The zero-order valence-corrected chi connectivity index (χ0v) is 11.1. The van der Waals surface area contributed by atoms with Gasteiger partial charge in [0.05, 0.1) is 0 Å². The number of amides is 1. The van der Waals surface area contributed by atoms with Crippen LogP contribution in [0.25, 0.3) is 0 Å². The molecule has 1 atom stereocenters. The molecule has 1 rings (SSSR count). The van der Waals surface area contributed by atoms with E-state index in [1.54, 1.807) is 11.8 Å². The molecule has 82 valence electrons. The number of halogens is 1. The molecule has 0 aromatic rings. The van der Waals surface area contributed by atoms with Crippen LogP contribution in [0.2, 0.25) is 0 Å². The minimum atomic E-state index is 0.344. The van der Waals surface area contributed by atoms with Gasteiger partial charge < -0.3 is 4.90 Å². The molecule has 0 aromatic carbocycles. The predicted octanol–water partition coefficient (Wildman–Crippen LogP) is 2.37. The van der Waals surface area contributed by atoms with E-state index < -0.39 is 0 Å². The van der Waals surface area contributed by atoms with E-state index >= 15 is 0 Å². The Bertz CT molecular complexity index is 189. The van der Waals surface area contributed by atoms with Gasteiger partial charge in [-0.25, -0.2) is 0 Å². The van der Waals surface area contributed by atoms with Crippen molar-refractivity contribution >= 4 is 33.6 Å². The second-order valence-electron chi connectivity index (χ2n) is 3.71. The van der Waals surface area contributed by atoms with E-state index in [-0.39, 0.29) is 0 Å². The van der Waals surface area contributed by atoms with E-state index in [1.807, 2.05) is 11.2 Å². The van der Waals surface area contributed by atoms with Crippen molar-refractivity contribution in [2.75, 3.05) is 30.4 Å². The van der Waals surface area contributed by atoms with Crippen LogP contribution < -0.4 is 0 Å². The van der Waals surface area contributed by atoms with Gasteiger partial charge in [-0.05, 0) is 25.0 Å². The lowest BCUT2D eigenvalue weighted by atomic mass is 10.1. The number of hydrogen-bond donors (Lipinski definition) is 0. The van der Waals surface area contributed by atoms with E-state index in [1.165, 1.54) is 12.8 Å². The van der Waals surface area contributed by atoms with Crippen molar-refractivity contribution in [2.45, 2.75) is 19.3 Å². The highest BCUT2D eigenvalue weighted by molar-refractivity contribution is 9.09. The molecule has 4 heteroatoms. The Morgan fingerprint density at radius 1 is 1.64 bits per heavy atom. The average molecular weight is 280 g/mol. The minimum Gasteiger partial charge on any atom is -0.342 e. The molecule has 1 saturated heterocycles. The van der Waals surface area contributed by atoms with E-state index in [4.69, 9.17) is 0 Å². The highest BCUT2D eigenvalue weighted by atomic mass is 79.9. The van der Waals surface area contributed by atoms with Crippen LogP contribution in [-0.4, -0.2) is 41.2 Å². The summed E-state index contributed by atoms with van der Waals surface area (Å²) in [6.07, 6.45) is 5.15. The van der Waals surface area contributed by atoms with Crippen molar-refractivity contribution in [1.82, 2.24) is 4.90 Å². The Morgan fingerprint density at radius 2 is 2.43 bits per heavy atom. The van der Waals surface area contributed by atoms with Crippen LogP contribution in [-0.2, 0) is 4.79 Å². The van der Waals surface area contributed by atoms with Gasteiger partial charge in [-0.15, -0.1) is 0 Å². The molecule has 1 fully saturated rings. The van der Waals surface area contributed by atoms with Crippen molar-refractivity contribution in [3.8, 4) is 0 Å². The summed E-state index contributed by atoms with van der Waals surface area (Å²) in [7, 11) is 0. The molecule has 2 nitrogen and oxygen atoms in total. The number of likely N-dealkylation sites (tertiary alicyclic amines) is 1. The SMILES string of the molecule is CSCCC(=O)N1CCC(CCBr)C1. The van der Waals surface area contributed by atoms with Crippen LogP contribution in [0.15, 0.2) is 0 Å². The fraction of sp³-hybridized carbons (Fsp3) is 0.900. The molecule has 0 bridgehead atoms. The van der Waals surface area contributed by atoms with Gasteiger partial charge in [0.15, 0.2) is 0 Å². The Labute approximate surface area is 98.9 Å². The van der Waals surface area contributed by atoms with Crippen LogP contribution >= 0.6 is 27.7 Å². The maximum atomic E-state index is 11.7. The van der Waals surface area contributed by atoms with Gasteiger partial charge in [-0.2, -0.15) is 11.8 Å². The second-order valence-corrected chi connectivity index (χ2v) is 5.49. The summed E-state index contributed by atoms with van der Waals surface area (Å²) in [4.78, 5) is 13.7. The van der Waals surface area contributed by atoms with E-state index in [2.05, 4.69) is 15.9 Å². The van der Waals surface area contributed by atoms with Crippen LogP contribution in [0.1, 0.15) is 19.3 Å². The van der Waals surface area contributed by atoms with E-state index in [0.29, 0.717) is 12.3 Å². The highest BCUT2D eigenvalue weighted by Crippen LogP contribution is 2.21. The van der Waals surface area contributed by atoms with Gasteiger partial charge in [-0.1, -0.05) is 15.9 Å². The number of alkyl halides is 1. The second kappa shape index (κ2) is 6.72. The normalized spacial score (nSPS) is 21.6. The summed E-state index contributed by atoms with van der Waals surface area (Å²) < 4.78 is 0. The first kappa shape index (κ1) is 12.4. The third-order valence-electron chi connectivity index (χ3n) is 2.68. The first-order valence-corrected chi connectivity index (χ1v) is 7.62. The largest absolute Gasteiger partial charge is 0.342 e. The summed E-state index contributed by atoms with van der Waals surface area (Å²) in [5, 5.41) is 1.06. The molecule has 0 aromatic heterocycles. The van der Waals surface area contributed by atoms with Crippen molar-refractivity contribution in [2.24, 2.45) is 5.92 Å². The van der Waals surface area contributed by atoms with Gasteiger partial charge >= 0.3 is 0 Å². The molecule has 1 aliphatic heterocycles. The molecule has 1 heterocycles. The molecule has 1 aliphatic rings. The zero-order valence-electron chi connectivity index (χ0n) is 8.67. The zero-order chi connectivity index (χ0) is 10.4. The van der Waals surface area contributed by atoms with Crippen molar-refractivity contribution in [1.29, 1.82) is 0 Å². The highest BCUT2D eigenvalue weighted by Gasteiger charge is 2.24. The van der Waals surface area contributed by atoms with Gasteiger partial charge in [0.2, 0.25) is 5.91 Å². The van der Waals surface area contributed by atoms with Crippen LogP contribution in [0.3, 0.4) is 0 Å². The number of hydrogen-bond acceptors (Lipinski definition) is 2. The van der Waals surface area contributed by atoms with Gasteiger partial charge in [0.25, 0.3) is 0 Å². The molecule has 0 radical (unpaired) electrons. The Kier molecular flexibility index (Phi) is 5.94. The fourth-order valence-electron chi connectivity index (χ4n) is 1.80. The Balaban J connectivity index is 2.23. The maximum Gasteiger partial charge on any atom is 0.223 e. The van der Waals surface area contributed by atoms with E-state index in [0.717, 1.165) is 30.1 Å². The summed E-state index contributed by atoms with van der Waals surface area (Å²) in [5.74, 6) is 2.03. The van der Waals surface area contributed by atoms with Crippen LogP contribution in [0, 0.1) is 5.92 Å². The molecule has 0 aliphatic carbocycles. The van der Waals surface area contributed by atoms with Gasteiger partial charge in [0.1, 0.15) is 0 Å². The lowest BCUT2D eigenvalue weighted by molar-refractivity contribution is -0.129. The molecular formula is C10H18BrNOS. The number of carbonyl (C=O) groups is 1. The van der Waals surface area contributed by atoms with Crippen LogP contribution in [0.5, 0.6) is 0 Å². The summed E-state index contributed by atoms with van der Waals surface area (Å²) in [5.41, 5.74) is 0. The molecule has 1 unspecified atom stereocenters. The average Bonchev–Trinajstić information content (AvgIpc) is 2.63. The van der Waals surface area contributed by atoms with Crippen molar-refractivity contribution < 1.29 is 4.79 Å². The first-order chi connectivity index (χ1) is 6.77. The number of carbonyl (C=O) groups excluding carboxylic acids is 1. The van der Waals surface area contributed by atoms with Crippen molar-refractivity contribution in [3.63, 3.8) is 0 Å². The third kappa shape index (κ3) is 3.81. The summed E-state index contributed by atoms with van der Waals surface area (Å²) >= 11 is 5.20. The molecule has 1 amide bonds. The fourth-order valence-corrected chi connectivity index (χ4v) is 2.82. The summed E-state index contributed by atoms with van der Waals surface area (Å²) in [6.45, 7) is 1.96. The maximum absolute atomic E-state index is 11.7. The smallest absolute Gasteiger partial charge is 0.223 e. The molecule has 0 N–H and O–H groups in total. The Morgan fingerprint density at radius 3 is 3.07 bits per heavy atom. The number of thioether (sulfide) groups is 1. The quantitative estimate of drug-likeness (QED) is 0.721. The van der Waals surface area contributed by atoms with Crippen molar-refractivity contribution in [3.05, 3.63) is 0 Å². The molecule has 14 heavy (non-hydrogen) atoms. The Hall–Kier alpha value is 0.300. The lowest BCUT2D eigenvalue weighted by Crippen LogP contribution is -2.28. The standard InChI is InChI=1S/C10H18BrNOS/c1-14-7-4-10(13)12-6-3-9(8-12)2-5-11/h9H,2-8H2,1H3. The number of nitrogens with zero attached hydrogens (tertiary/aromatic N) is 1. The van der Waals surface area contributed by atoms with E-state index in [9.17, 15) is 4.79 Å². The third-order valence-corrected chi connectivity index (χ3v) is 3.75. The monoisotopic (exact) mass is 279 g/mol. The lowest BCUT2D eigenvalue weighted by Gasteiger charge is -2.15. The minimum absolute atomic E-state index is 0.344. The van der Waals surface area contributed by atoms with Crippen LogP contribution in [0.4, 0.5) is 0 Å². The van der Waals surface area contributed by atoms with Gasteiger partial charge in [-0.3, -0.25) is 4.79 Å². The predicted molar refractivity (Wildman–Crippen MR) is 66.1 cm³/mol. The summed E-state index contributed by atoms with van der Waals surface area (Å²) in [6, 6.07) is 0. The first-order valence-electron chi connectivity index (χ1n) is 5.10. The molecule has 0 spiro atoms.